The summed E-state index contributed by atoms with van der Waals surface area (Å²) >= 11 is 0. The molecule has 0 bridgehead atoms. The van der Waals surface area contributed by atoms with Crippen LogP contribution in [0.2, 0.25) is 0 Å². The van der Waals surface area contributed by atoms with E-state index in [1.54, 1.807) is 25.1 Å². The van der Waals surface area contributed by atoms with Crippen LogP contribution in [0.5, 0.6) is 11.5 Å². The Labute approximate surface area is 186 Å². The number of imide groups is 1. The Morgan fingerprint density at radius 2 is 1.88 bits per heavy atom. The van der Waals surface area contributed by atoms with E-state index >= 15 is 0 Å². The minimum atomic E-state index is -0.784. The van der Waals surface area contributed by atoms with Gasteiger partial charge in [-0.1, -0.05) is 12.8 Å². The van der Waals surface area contributed by atoms with E-state index in [9.17, 15) is 19.2 Å². The Morgan fingerprint density at radius 3 is 2.59 bits per heavy atom. The van der Waals surface area contributed by atoms with Gasteiger partial charge in [0.15, 0.2) is 11.5 Å². The van der Waals surface area contributed by atoms with Crippen LogP contribution in [-0.2, 0) is 14.4 Å². The lowest BCUT2D eigenvalue weighted by molar-refractivity contribution is -0.136. The molecule has 5 amide bonds. The van der Waals surface area contributed by atoms with Crippen molar-refractivity contribution < 1.29 is 28.7 Å². The second-order valence-electron chi connectivity index (χ2n) is 8.24. The molecule has 3 aliphatic rings. The quantitative estimate of drug-likeness (QED) is 0.616. The van der Waals surface area contributed by atoms with Crippen molar-refractivity contribution in [3.8, 4) is 11.5 Å². The van der Waals surface area contributed by atoms with Gasteiger partial charge in [0.25, 0.3) is 5.91 Å². The number of amides is 5. The lowest BCUT2D eigenvalue weighted by atomic mass is 9.98. The SMILES string of the molecule is CCN(CC(=O)Nc1ccc2c(c1)OCCO2)C(=O)CCN1C(=O)NC2(CCCC2)C1=O. The summed E-state index contributed by atoms with van der Waals surface area (Å²) in [6, 6.07) is 4.67. The molecule has 0 unspecified atom stereocenters. The molecule has 0 radical (unpaired) electrons. The Bertz CT molecular complexity index is 927. The Hall–Kier alpha value is -3.30. The van der Waals surface area contributed by atoms with Crippen LogP contribution in [0.15, 0.2) is 18.2 Å². The van der Waals surface area contributed by atoms with Crippen LogP contribution in [0.4, 0.5) is 10.5 Å². The number of anilines is 1. The summed E-state index contributed by atoms with van der Waals surface area (Å²) in [4.78, 5) is 52.7. The summed E-state index contributed by atoms with van der Waals surface area (Å²) < 4.78 is 11.0. The van der Waals surface area contributed by atoms with Gasteiger partial charge in [0.1, 0.15) is 18.8 Å². The molecule has 10 nitrogen and oxygen atoms in total. The minimum absolute atomic E-state index is 0.00549. The number of nitrogens with one attached hydrogen (secondary N) is 2. The molecule has 4 rings (SSSR count). The number of urea groups is 1. The summed E-state index contributed by atoms with van der Waals surface area (Å²) in [5.41, 5.74) is -0.238. The van der Waals surface area contributed by atoms with Crippen LogP contribution in [0, 0.1) is 0 Å². The van der Waals surface area contributed by atoms with E-state index < -0.39 is 11.6 Å². The van der Waals surface area contributed by atoms with Crippen LogP contribution in [0.25, 0.3) is 0 Å². The Kier molecular flexibility index (Phi) is 6.20. The van der Waals surface area contributed by atoms with Gasteiger partial charge in [0.05, 0.1) is 6.54 Å². The van der Waals surface area contributed by atoms with Gasteiger partial charge >= 0.3 is 6.03 Å². The van der Waals surface area contributed by atoms with Crippen molar-refractivity contribution >= 4 is 29.4 Å². The van der Waals surface area contributed by atoms with Gasteiger partial charge in [-0.25, -0.2) is 4.79 Å². The number of hydrogen-bond donors (Lipinski definition) is 2. The summed E-state index contributed by atoms with van der Waals surface area (Å²) in [6.45, 7) is 2.91. The van der Waals surface area contributed by atoms with Crippen molar-refractivity contribution in [2.75, 3.05) is 38.2 Å². The Balaban J connectivity index is 1.29. The number of hydrogen-bond acceptors (Lipinski definition) is 6. The molecule has 10 heteroatoms. The molecule has 2 heterocycles. The van der Waals surface area contributed by atoms with E-state index in [-0.39, 0.29) is 37.2 Å². The van der Waals surface area contributed by atoms with Crippen LogP contribution in [-0.4, -0.2) is 71.9 Å². The van der Waals surface area contributed by atoms with Crippen LogP contribution >= 0.6 is 0 Å². The second kappa shape index (κ2) is 9.05. The third kappa shape index (κ3) is 4.35. The molecule has 0 atom stereocenters. The Morgan fingerprint density at radius 1 is 1.16 bits per heavy atom. The van der Waals surface area contributed by atoms with E-state index in [4.69, 9.17) is 9.47 Å². The van der Waals surface area contributed by atoms with E-state index in [1.165, 1.54) is 4.90 Å². The van der Waals surface area contributed by atoms with Crippen molar-refractivity contribution in [1.82, 2.24) is 15.1 Å². The fourth-order valence-corrected chi connectivity index (χ4v) is 4.43. The van der Waals surface area contributed by atoms with Crippen molar-refractivity contribution in [2.24, 2.45) is 0 Å². The zero-order chi connectivity index (χ0) is 22.7. The van der Waals surface area contributed by atoms with Crippen LogP contribution < -0.4 is 20.1 Å². The van der Waals surface area contributed by atoms with E-state index in [0.29, 0.717) is 49.8 Å². The summed E-state index contributed by atoms with van der Waals surface area (Å²) in [5.74, 6) is 0.298. The normalized spacial score (nSPS) is 18.6. The molecule has 1 aromatic rings. The highest BCUT2D eigenvalue weighted by Crippen LogP contribution is 2.35. The standard InChI is InChI=1S/C22H28N4O6/c1-2-25(14-18(27)23-15-5-6-16-17(13-15)32-12-11-31-16)19(28)7-10-26-20(29)22(24-21(26)30)8-3-4-9-22/h5-6,13H,2-4,7-12,14H2,1H3,(H,23,27)(H,24,30). The zero-order valence-electron chi connectivity index (χ0n) is 18.1. The van der Waals surface area contributed by atoms with Crippen molar-refractivity contribution in [3.63, 3.8) is 0 Å². The monoisotopic (exact) mass is 444 g/mol. The maximum absolute atomic E-state index is 12.7. The van der Waals surface area contributed by atoms with Gasteiger partial charge in [0.2, 0.25) is 11.8 Å². The number of benzene rings is 1. The molecule has 172 valence electrons. The van der Waals surface area contributed by atoms with E-state index in [0.717, 1.165) is 17.7 Å². The van der Waals surface area contributed by atoms with Gasteiger partial charge in [-0.15, -0.1) is 0 Å². The fraction of sp³-hybridized carbons (Fsp3) is 0.545. The second-order valence-corrected chi connectivity index (χ2v) is 8.24. The molecule has 2 aliphatic heterocycles. The largest absolute Gasteiger partial charge is 0.486 e. The molecule has 1 saturated carbocycles. The number of likely N-dealkylation sites (N-methyl/N-ethyl adjacent to an activating group) is 1. The van der Waals surface area contributed by atoms with Gasteiger partial charge in [0, 0.05) is 31.3 Å². The molecule has 0 aromatic heterocycles. The average Bonchev–Trinajstić information content (AvgIpc) is 3.35. The molecule has 2 N–H and O–H groups in total. The molecular formula is C22H28N4O6. The highest BCUT2D eigenvalue weighted by Gasteiger charge is 2.52. The predicted octanol–water partition coefficient (Wildman–Crippen LogP) is 1.50. The summed E-state index contributed by atoms with van der Waals surface area (Å²) in [7, 11) is 0. The smallest absolute Gasteiger partial charge is 0.325 e. The first kappa shape index (κ1) is 21.9. The molecule has 1 aliphatic carbocycles. The number of carbonyl (C=O) groups excluding carboxylic acids is 4. The third-order valence-corrected chi connectivity index (χ3v) is 6.15. The maximum Gasteiger partial charge on any atom is 0.325 e. The van der Waals surface area contributed by atoms with Gasteiger partial charge in [-0.3, -0.25) is 19.3 Å². The molecular weight excluding hydrogens is 416 g/mol. The zero-order valence-corrected chi connectivity index (χ0v) is 18.1. The molecule has 1 saturated heterocycles. The number of nitrogens with zero attached hydrogens (tertiary/aromatic N) is 2. The van der Waals surface area contributed by atoms with Crippen molar-refractivity contribution in [3.05, 3.63) is 18.2 Å². The third-order valence-electron chi connectivity index (χ3n) is 6.15. The minimum Gasteiger partial charge on any atom is -0.486 e. The van der Waals surface area contributed by atoms with Gasteiger partial charge < -0.3 is 25.0 Å². The maximum atomic E-state index is 12.7. The molecule has 2 fully saturated rings. The number of rotatable bonds is 7. The highest BCUT2D eigenvalue weighted by atomic mass is 16.6. The van der Waals surface area contributed by atoms with Crippen LogP contribution in [0.1, 0.15) is 39.0 Å². The predicted molar refractivity (Wildman–Crippen MR) is 114 cm³/mol. The van der Waals surface area contributed by atoms with Crippen LogP contribution in [0.3, 0.4) is 0 Å². The first-order chi connectivity index (χ1) is 15.4. The first-order valence-corrected chi connectivity index (χ1v) is 11.0. The highest BCUT2D eigenvalue weighted by molar-refractivity contribution is 6.07. The number of carbonyl (C=O) groups is 4. The lowest BCUT2D eigenvalue weighted by Gasteiger charge is -2.23. The van der Waals surface area contributed by atoms with Gasteiger partial charge in [-0.2, -0.15) is 0 Å². The van der Waals surface area contributed by atoms with Gasteiger partial charge in [-0.05, 0) is 31.9 Å². The molecule has 32 heavy (non-hydrogen) atoms. The van der Waals surface area contributed by atoms with E-state index in [1.807, 2.05) is 0 Å². The average molecular weight is 444 g/mol. The molecule has 1 spiro atoms. The summed E-state index contributed by atoms with van der Waals surface area (Å²) in [5, 5.41) is 5.57. The lowest BCUT2D eigenvalue weighted by Crippen LogP contribution is -2.44. The molecule has 1 aromatic carbocycles. The van der Waals surface area contributed by atoms with E-state index in [2.05, 4.69) is 10.6 Å². The fourth-order valence-electron chi connectivity index (χ4n) is 4.43. The number of ether oxygens (including phenoxy) is 2. The van der Waals surface area contributed by atoms with Crippen molar-refractivity contribution in [1.29, 1.82) is 0 Å². The first-order valence-electron chi connectivity index (χ1n) is 11.0. The topological polar surface area (TPSA) is 117 Å². The summed E-state index contributed by atoms with van der Waals surface area (Å²) in [6.07, 6.45) is 3.06. The number of fused-ring (bicyclic) bond motifs is 1. The van der Waals surface area contributed by atoms with Crippen molar-refractivity contribution in [2.45, 2.75) is 44.6 Å².